The fourth-order valence-corrected chi connectivity index (χ4v) is 3.81. The molecule has 1 aromatic heterocycles. The first-order valence-electron chi connectivity index (χ1n) is 7.89. The maximum Gasteiger partial charge on any atom is 0.257 e. The molecular formula is C17H20BrN3O2S. The first kappa shape index (κ1) is 17.5. The third-order valence-corrected chi connectivity index (χ3v) is 5.09. The van der Waals surface area contributed by atoms with Gasteiger partial charge in [0.1, 0.15) is 0 Å². The van der Waals surface area contributed by atoms with Gasteiger partial charge in [-0.05, 0) is 38.1 Å². The Morgan fingerprint density at radius 3 is 2.67 bits per heavy atom. The van der Waals surface area contributed by atoms with Crippen LogP contribution in [0.2, 0.25) is 0 Å². The van der Waals surface area contributed by atoms with E-state index >= 15 is 0 Å². The van der Waals surface area contributed by atoms with E-state index in [4.69, 9.17) is 4.74 Å². The number of anilines is 1. The van der Waals surface area contributed by atoms with Gasteiger partial charge in [0.25, 0.3) is 5.91 Å². The molecule has 2 atom stereocenters. The van der Waals surface area contributed by atoms with Crippen LogP contribution in [0.4, 0.5) is 5.13 Å². The summed E-state index contributed by atoms with van der Waals surface area (Å²) in [6.45, 7) is 6.77. The molecule has 2 heterocycles. The number of rotatable bonds is 4. The molecule has 0 unspecified atom stereocenters. The predicted molar refractivity (Wildman–Crippen MR) is 99.5 cm³/mol. The summed E-state index contributed by atoms with van der Waals surface area (Å²) in [5, 5.41) is 5.50. The van der Waals surface area contributed by atoms with Gasteiger partial charge in [-0.25, -0.2) is 4.98 Å². The van der Waals surface area contributed by atoms with Crippen LogP contribution >= 0.6 is 27.3 Å². The molecule has 0 aliphatic carbocycles. The third kappa shape index (κ3) is 4.63. The lowest BCUT2D eigenvalue weighted by atomic mass is 10.2. The summed E-state index contributed by atoms with van der Waals surface area (Å²) in [5.41, 5.74) is 1.60. The first-order valence-corrected chi connectivity index (χ1v) is 9.56. The van der Waals surface area contributed by atoms with E-state index in [0.29, 0.717) is 10.7 Å². The van der Waals surface area contributed by atoms with Crippen molar-refractivity contribution in [3.63, 3.8) is 0 Å². The molecule has 128 valence electrons. The summed E-state index contributed by atoms with van der Waals surface area (Å²) in [7, 11) is 0. The summed E-state index contributed by atoms with van der Waals surface area (Å²) < 4.78 is 6.70. The van der Waals surface area contributed by atoms with E-state index in [0.717, 1.165) is 29.8 Å². The van der Waals surface area contributed by atoms with Gasteiger partial charge in [-0.1, -0.05) is 15.9 Å². The number of ether oxygens (including phenoxy) is 1. The lowest BCUT2D eigenvalue weighted by Gasteiger charge is -2.34. The summed E-state index contributed by atoms with van der Waals surface area (Å²) in [6, 6.07) is 7.26. The van der Waals surface area contributed by atoms with Crippen molar-refractivity contribution in [3.05, 3.63) is 45.4 Å². The number of nitrogens with zero attached hydrogens (tertiary/aromatic N) is 2. The van der Waals surface area contributed by atoms with Gasteiger partial charge in [-0.2, -0.15) is 0 Å². The number of halogens is 1. The molecule has 0 bridgehead atoms. The summed E-state index contributed by atoms with van der Waals surface area (Å²) >= 11 is 4.82. The van der Waals surface area contributed by atoms with Crippen LogP contribution in [0.5, 0.6) is 0 Å². The predicted octanol–water partition coefficient (Wildman–Crippen LogP) is 3.77. The van der Waals surface area contributed by atoms with Crippen molar-refractivity contribution < 1.29 is 9.53 Å². The molecule has 7 heteroatoms. The second-order valence-electron chi connectivity index (χ2n) is 6.06. The van der Waals surface area contributed by atoms with Gasteiger partial charge < -0.3 is 4.74 Å². The molecule has 1 aliphatic rings. The van der Waals surface area contributed by atoms with Gasteiger partial charge in [0.05, 0.1) is 17.9 Å². The van der Waals surface area contributed by atoms with Crippen LogP contribution in [0.1, 0.15) is 29.9 Å². The average Bonchev–Trinajstić information content (AvgIpc) is 2.93. The monoisotopic (exact) mass is 409 g/mol. The van der Waals surface area contributed by atoms with E-state index in [2.05, 4.69) is 45.0 Å². The highest BCUT2D eigenvalue weighted by atomic mass is 79.9. The van der Waals surface area contributed by atoms with Gasteiger partial charge in [0.2, 0.25) is 0 Å². The van der Waals surface area contributed by atoms with Gasteiger partial charge in [-0.15, -0.1) is 11.3 Å². The van der Waals surface area contributed by atoms with E-state index in [1.807, 2.05) is 17.5 Å². The van der Waals surface area contributed by atoms with E-state index in [1.54, 1.807) is 12.1 Å². The molecular weight excluding hydrogens is 390 g/mol. The third-order valence-electron chi connectivity index (χ3n) is 3.76. The van der Waals surface area contributed by atoms with Crippen molar-refractivity contribution in [1.82, 2.24) is 9.88 Å². The molecule has 1 aliphatic heterocycles. The number of carbonyl (C=O) groups is 1. The highest BCUT2D eigenvalue weighted by molar-refractivity contribution is 9.10. The summed E-state index contributed by atoms with van der Waals surface area (Å²) in [5.74, 6) is -0.142. The van der Waals surface area contributed by atoms with Gasteiger partial charge in [0.15, 0.2) is 5.13 Å². The van der Waals surface area contributed by atoms with E-state index in [-0.39, 0.29) is 18.1 Å². The fourth-order valence-electron chi connectivity index (χ4n) is 2.85. The average molecular weight is 410 g/mol. The van der Waals surface area contributed by atoms with Crippen molar-refractivity contribution in [1.29, 1.82) is 0 Å². The molecule has 1 aromatic carbocycles. The highest BCUT2D eigenvalue weighted by Gasteiger charge is 2.22. The SMILES string of the molecule is C[C@@H]1CN(Cc2csc(NC(=O)c3ccc(Br)cc3)n2)C[C@H](C)O1. The molecule has 0 saturated carbocycles. The number of carbonyl (C=O) groups excluding carboxylic acids is 1. The molecule has 0 spiro atoms. The molecule has 2 aromatic rings. The maximum absolute atomic E-state index is 12.2. The van der Waals surface area contributed by atoms with Gasteiger partial charge in [-0.3, -0.25) is 15.0 Å². The Labute approximate surface area is 154 Å². The quantitative estimate of drug-likeness (QED) is 0.834. The number of aromatic nitrogens is 1. The largest absolute Gasteiger partial charge is 0.373 e. The normalized spacial score (nSPS) is 21.6. The molecule has 3 rings (SSSR count). The standard InChI is InChI=1S/C17H20BrN3O2S/c1-11-7-21(8-12(2)23-11)9-15-10-24-17(19-15)20-16(22)13-3-5-14(18)6-4-13/h3-6,10-12H,7-9H2,1-2H3,(H,19,20,22)/t11-,12+. The Hall–Kier alpha value is -1.28. The molecule has 5 nitrogen and oxygen atoms in total. The second kappa shape index (κ2) is 7.74. The topological polar surface area (TPSA) is 54.5 Å². The molecule has 1 fully saturated rings. The number of hydrogen-bond acceptors (Lipinski definition) is 5. The summed E-state index contributed by atoms with van der Waals surface area (Å²) in [6.07, 6.45) is 0.480. The minimum Gasteiger partial charge on any atom is -0.373 e. The maximum atomic E-state index is 12.2. The lowest BCUT2D eigenvalue weighted by Crippen LogP contribution is -2.44. The van der Waals surface area contributed by atoms with Crippen molar-refractivity contribution in [2.24, 2.45) is 0 Å². The fraction of sp³-hybridized carbons (Fsp3) is 0.412. The van der Waals surface area contributed by atoms with Gasteiger partial charge in [0, 0.05) is 35.1 Å². The zero-order valence-electron chi connectivity index (χ0n) is 13.7. The van der Waals surface area contributed by atoms with E-state index in [1.165, 1.54) is 11.3 Å². The van der Waals surface area contributed by atoms with Crippen molar-refractivity contribution in [3.8, 4) is 0 Å². The van der Waals surface area contributed by atoms with Crippen molar-refractivity contribution in [2.45, 2.75) is 32.6 Å². The highest BCUT2D eigenvalue weighted by Crippen LogP contribution is 2.20. The van der Waals surface area contributed by atoms with E-state index < -0.39 is 0 Å². The van der Waals surface area contributed by atoms with Crippen LogP contribution in [0, 0.1) is 0 Å². The minimum absolute atomic E-state index is 0.142. The van der Waals surface area contributed by atoms with Crippen LogP contribution in [0.15, 0.2) is 34.1 Å². The minimum atomic E-state index is -0.142. The zero-order chi connectivity index (χ0) is 17.1. The molecule has 1 saturated heterocycles. The molecule has 0 radical (unpaired) electrons. The molecule has 1 amide bonds. The van der Waals surface area contributed by atoms with E-state index in [9.17, 15) is 4.79 Å². The number of hydrogen-bond donors (Lipinski definition) is 1. The first-order chi connectivity index (χ1) is 11.5. The van der Waals surface area contributed by atoms with Crippen molar-refractivity contribution in [2.75, 3.05) is 18.4 Å². The van der Waals surface area contributed by atoms with Crippen LogP contribution in [-0.2, 0) is 11.3 Å². The Morgan fingerprint density at radius 1 is 1.33 bits per heavy atom. The molecule has 1 N–H and O–H groups in total. The van der Waals surface area contributed by atoms with Gasteiger partial charge >= 0.3 is 0 Å². The smallest absolute Gasteiger partial charge is 0.257 e. The number of morpholine rings is 1. The van der Waals surface area contributed by atoms with Crippen LogP contribution < -0.4 is 5.32 Å². The van der Waals surface area contributed by atoms with Crippen LogP contribution in [-0.4, -0.2) is 41.1 Å². The second-order valence-corrected chi connectivity index (χ2v) is 7.83. The lowest BCUT2D eigenvalue weighted by molar-refractivity contribution is -0.0707. The van der Waals surface area contributed by atoms with Crippen LogP contribution in [0.3, 0.4) is 0 Å². The number of amides is 1. The Balaban J connectivity index is 1.59. The Kier molecular flexibility index (Phi) is 5.65. The number of nitrogens with one attached hydrogen (secondary N) is 1. The Bertz CT molecular complexity index is 694. The van der Waals surface area contributed by atoms with Crippen molar-refractivity contribution >= 4 is 38.3 Å². The number of benzene rings is 1. The number of thiazole rings is 1. The Morgan fingerprint density at radius 2 is 2.00 bits per heavy atom. The molecule has 24 heavy (non-hydrogen) atoms. The zero-order valence-corrected chi connectivity index (χ0v) is 16.1. The summed E-state index contributed by atoms with van der Waals surface area (Å²) in [4.78, 5) is 19.1. The van der Waals surface area contributed by atoms with Crippen LogP contribution in [0.25, 0.3) is 0 Å².